The maximum Gasteiger partial charge on any atom is 0.123 e. The molecule has 0 saturated carbocycles. The van der Waals surface area contributed by atoms with E-state index in [0.29, 0.717) is 11.4 Å². The second-order valence-electron chi connectivity index (χ2n) is 8.29. The molecule has 1 aromatic heterocycles. The molecule has 3 aromatic carbocycles. The molecule has 32 heavy (non-hydrogen) atoms. The lowest BCUT2D eigenvalue weighted by Crippen LogP contribution is -2.19. The van der Waals surface area contributed by atoms with Crippen LogP contribution in [0.2, 0.25) is 5.02 Å². The van der Waals surface area contributed by atoms with Crippen LogP contribution in [-0.2, 0) is 13.1 Å². The minimum atomic E-state index is -0.608. The van der Waals surface area contributed by atoms with Crippen molar-refractivity contribution < 1.29 is 13.9 Å². The largest absolute Gasteiger partial charge is 0.388 e. The molecule has 0 fully saturated rings. The van der Waals surface area contributed by atoms with Crippen LogP contribution in [0.25, 0.3) is 16.6 Å². The third kappa shape index (κ3) is 3.92. The molecule has 0 amide bonds. The highest BCUT2D eigenvalue weighted by Gasteiger charge is 2.28. The molecule has 0 spiro atoms. The molecule has 4 aromatic rings. The van der Waals surface area contributed by atoms with Crippen LogP contribution in [0.15, 0.2) is 66.7 Å². The number of halogens is 3. The van der Waals surface area contributed by atoms with Crippen molar-refractivity contribution in [3.05, 3.63) is 100 Å². The van der Waals surface area contributed by atoms with Gasteiger partial charge in [-0.25, -0.2) is 8.78 Å². The van der Waals surface area contributed by atoms with Crippen LogP contribution >= 0.6 is 11.6 Å². The molecule has 0 radical (unpaired) electrons. The van der Waals surface area contributed by atoms with Crippen molar-refractivity contribution in [1.29, 1.82) is 0 Å². The maximum absolute atomic E-state index is 13.5. The maximum atomic E-state index is 13.5. The lowest BCUT2D eigenvalue weighted by molar-refractivity contribution is 0.155. The molecule has 0 aliphatic carbocycles. The summed E-state index contributed by atoms with van der Waals surface area (Å²) in [5, 5.41) is 12.2. The number of rotatable bonds is 6. The zero-order valence-electron chi connectivity index (χ0n) is 17.4. The molecule has 164 valence electrons. The first-order valence-corrected chi connectivity index (χ1v) is 11.1. The van der Waals surface area contributed by atoms with Crippen LogP contribution in [0, 0.1) is 11.6 Å². The molecule has 0 bridgehead atoms. The Labute approximate surface area is 190 Å². The highest BCUT2D eigenvalue weighted by molar-refractivity contribution is 6.35. The summed E-state index contributed by atoms with van der Waals surface area (Å²) >= 11 is 6.59. The van der Waals surface area contributed by atoms with Gasteiger partial charge in [-0.1, -0.05) is 29.8 Å². The number of aliphatic hydroxyl groups is 1. The van der Waals surface area contributed by atoms with Gasteiger partial charge in [0.25, 0.3) is 0 Å². The van der Waals surface area contributed by atoms with Gasteiger partial charge in [-0.2, -0.15) is 0 Å². The molecule has 1 unspecified atom stereocenters. The van der Waals surface area contributed by atoms with E-state index in [1.165, 1.54) is 35.5 Å². The highest BCUT2D eigenvalue weighted by Crippen LogP contribution is 2.39. The van der Waals surface area contributed by atoms with Gasteiger partial charge in [0.2, 0.25) is 0 Å². The minimum Gasteiger partial charge on any atom is -0.388 e. The van der Waals surface area contributed by atoms with E-state index in [0.717, 1.165) is 48.2 Å². The minimum absolute atomic E-state index is 0.263. The predicted octanol–water partition coefficient (Wildman–Crippen LogP) is 6.39. The summed E-state index contributed by atoms with van der Waals surface area (Å²) < 4.78 is 28.8. The Morgan fingerprint density at radius 1 is 0.906 bits per heavy atom. The number of aliphatic hydroxyl groups excluding tert-OH is 1. The molecule has 5 rings (SSSR count). The smallest absolute Gasteiger partial charge is 0.123 e. The van der Waals surface area contributed by atoms with Crippen LogP contribution < -0.4 is 0 Å². The molecule has 6 heteroatoms. The van der Waals surface area contributed by atoms with Gasteiger partial charge in [-0.3, -0.25) is 4.90 Å². The van der Waals surface area contributed by atoms with Crippen molar-refractivity contribution in [3.63, 3.8) is 0 Å². The number of hydrogen-bond acceptors (Lipinski definition) is 2. The fourth-order valence-corrected chi connectivity index (χ4v) is 4.94. The number of benzene rings is 3. The van der Waals surface area contributed by atoms with E-state index in [-0.39, 0.29) is 11.6 Å². The molecule has 3 nitrogen and oxygen atoms in total. The van der Waals surface area contributed by atoms with Gasteiger partial charge in [0, 0.05) is 29.9 Å². The average Bonchev–Trinajstić information content (AvgIpc) is 3.31. The topological polar surface area (TPSA) is 28.4 Å². The van der Waals surface area contributed by atoms with E-state index >= 15 is 0 Å². The molecule has 1 aliphatic rings. The van der Waals surface area contributed by atoms with E-state index < -0.39 is 6.10 Å². The SMILES string of the molecule is OC(CCCN1Cc2c(n(-c3ccc(F)cc3)c3cccc(Cl)c23)C1)c1ccc(F)cc1. The summed E-state index contributed by atoms with van der Waals surface area (Å²) in [6.45, 7) is 2.35. The van der Waals surface area contributed by atoms with Crippen molar-refractivity contribution in [2.45, 2.75) is 32.0 Å². The first kappa shape index (κ1) is 21.1. The Bertz CT molecular complexity index is 1250. The summed E-state index contributed by atoms with van der Waals surface area (Å²) in [7, 11) is 0. The Morgan fingerprint density at radius 2 is 1.59 bits per heavy atom. The first-order chi connectivity index (χ1) is 15.5. The van der Waals surface area contributed by atoms with Gasteiger partial charge in [-0.15, -0.1) is 0 Å². The average molecular weight is 453 g/mol. The second-order valence-corrected chi connectivity index (χ2v) is 8.70. The lowest BCUT2D eigenvalue weighted by atomic mass is 10.0. The molecule has 0 saturated heterocycles. The summed E-state index contributed by atoms with van der Waals surface area (Å²) in [6, 6.07) is 18.4. The van der Waals surface area contributed by atoms with Crippen molar-refractivity contribution in [3.8, 4) is 5.69 Å². The van der Waals surface area contributed by atoms with Gasteiger partial charge in [0.05, 0.1) is 16.6 Å². The normalized spacial score (nSPS) is 14.8. The molecular weight excluding hydrogens is 430 g/mol. The number of hydrogen-bond donors (Lipinski definition) is 1. The van der Waals surface area contributed by atoms with Crippen LogP contribution in [0.5, 0.6) is 0 Å². The molecule has 1 N–H and O–H groups in total. The first-order valence-electron chi connectivity index (χ1n) is 10.7. The van der Waals surface area contributed by atoms with Crippen LogP contribution in [0.4, 0.5) is 8.78 Å². The number of nitrogens with zero attached hydrogens (tertiary/aromatic N) is 2. The molecule has 1 atom stereocenters. The third-order valence-corrected chi connectivity index (χ3v) is 6.51. The lowest BCUT2D eigenvalue weighted by Gasteiger charge is -2.18. The van der Waals surface area contributed by atoms with E-state index in [2.05, 4.69) is 9.47 Å². The molecular formula is C26H23ClF2N2O. The summed E-state index contributed by atoms with van der Waals surface area (Å²) in [5.41, 5.74) is 5.04. The van der Waals surface area contributed by atoms with Gasteiger partial charge in [-0.05, 0) is 79.0 Å². The summed E-state index contributed by atoms with van der Waals surface area (Å²) in [5.74, 6) is -0.565. The Kier molecular flexibility index (Phi) is 5.72. The van der Waals surface area contributed by atoms with E-state index in [9.17, 15) is 13.9 Å². The van der Waals surface area contributed by atoms with Gasteiger partial charge >= 0.3 is 0 Å². The number of aromatic nitrogens is 1. The highest BCUT2D eigenvalue weighted by atomic mass is 35.5. The summed E-state index contributed by atoms with van der Waals surface area (Å²) in [4.78, 5) is 2.34. The van der Waals surface area contributed by atoms with Crippen molar-refractivity contribution in [2.24, 2.45) is 0 Å². The van der Waals surface area contributed by atoms with E-state index in [4.69, 9.17) is 11.6 Å². The fourth-order valence-electron chi connectivity index (χ4n) is 4.65. The summed E-state index contributed by atoms with van der Waals surface area (Å²) in [6.07, 6.45) is 0.806. The third-order valence-electron chi connectivity index (χ3n) is 6.20. The van der Waals surface area contributed by atoms with Crippen LogP contribution in [-0.4, -0.2) is 21.1 Å². The molecule has 1 aliphatic heterocycles. The van der Waals surface area contributed by atoms with Gasteiger partial charge in [0.15, 0.2) is 0 Å². The van der Waals surface area contributed by atoms with Crippen molar-refractivity contribution >= 4 is 22.5 Å². The zero-order valence-corrected chi connectivity index (χ0v) is 18.2. The van der Waals surface area contributed by atoms with E-state index in [1.54, 1.807) is 24.3 Å². The van der Waals surface area contributed by atoms with E-state index in [1.807, 2.05) is 18.2 Å². The second kappa shape index (κ2) is 8.66. The standard InChI is InChI=1S/C26H23ClF2N2O/c27-22-3-1-4-23-26(22)21-15-30(14-2-5-25(32)17-6-8-18(28)9-7-17)16-24(21)31(23)20-12-10-19(29)11-13-20/h1,3-4,6-13,25,32H,2,5,14-16H2. The van der Waals surface area contributed by atoms with Crippen LogP contribution in [0.1, 0.15) is 35.8 Å². The van der Waals surface area contributed by atoms with Crippen molar-refractivity contribution in [2.75, 3.05) is 6.54 Å². The Morgan fingerprint density at radius 3 is 2.31 bits per heavy atom. The van der Waals surface area contributed by atoms with Crippen molar-refractivity contribution in [1.82, 2.24) is 9.47 Å². The quantitative estimate of drug-likeness (QED) is 0.367. The Hall–Kier alpha value is -2.73. The van der Waals surface area contributed by atoms with Gasteiger partial charge in [0.1, 0.15) is 11.6 Å². The Balaban J connectivity index is 1.35. The van der Waals surface area contributed by atoms with Crippen LogP contribution in [0.3, 0.4) is 0 Å². The number of fused-ring (bicyclic) bond motifs is 3. The van der Waals surface area contributed by atoms with Gasteiger partial charge < -0.3 is 9.67 Å². The molecule has 2 heterocycles. The zero-order chi connectivity index (χ0) is 22.2. The predicted molar refractivity (Wildman–Crippen MR) is 123 cm³/mol. The fraction of sp³-hybridized carbons (Fsp3) is 0.231. The monoisotopic (exact) mass is 452 g/mol.